The smallest absolute Gasteiger partial charge is 0.122 e. The van der Waals surface area contributed by atoms with Crippen LogP contribution >= 0.6 is 0 Å². The van der Waals surface area contributed by atoms with E-state index in [0.29, 0.717) is 6.04 Å². The van der Waals surface area contributed by atoms with Gasteiger partial charge in [0.1, 0.15) is 5.76 Å². The van der Waals surface area contributed by atoms with Gasteiger partial charge in [-0.25, -0.2) is 0 Å². The first-order valence-electron chi connectivity index (χ1n) is 6.12. The van der Waals surface area contributed by atoms with E-state index >= 15 is 0 Å². The van der Waals surface area contributed by atoms with Gasteiger partial charge in [-0.05, 0) is 45.9 Å². The lowest BCUT2D eigenvalue weighted by Crippen LogP contribution is -2.43. The van der Waals surface area contributed by atoms with Crippen molar-refractivity contribution in [3.05, 3.63) is 24.2 Å². The van der Waals surface area contributed by atoms with Gasteiger partial charge in [0.25, 0.3) is 0 Å². The maximum absolute atomic E-state index is 6.10. The van der Waals surface area contributed by atoms with Gasteiger partial charge in [0.05, 0.1) is 12.3 Å². The summed E-state index contributed by atoms with van der Waals surface area (Å²) in [6.07, 6.45) is 2.84. The fourth-order valence-electron chi connectivity index (χ4n) is 2.16. The molecule has 0 aliphatic heterocycles. The predicted molar refractivity (Wildman–Crippen MR) is 67.2 cm³/mol. The quantitative estimate of drug-likeness (QED) is 0.808. The van der Waals surface area contributed by atoms with E-state index in [1.54, 1.807) is 6.26 Å². The lowest BCUT2D eigenvalue weighted by Gasteiger charge is -2.35. The summed E-state index contributed by atoms with van der Waals surface area (Å²) in [4.78, 5) is 2.41. The number of nitrogens with zero attached hydrogens (tertiary/aromatic N) is 1. The highest BCUT2D eigenvalue weighted by atomic mass is 16.3. The summed E-state index contributed by atoms with van der Waals surface area (Å²) in [6.45, 7) is 9.68. The summed E-state index contributed by atoms with van der Waals surface area (Å²) in [6, 6.07) is 4.66. The van der Waals surface area contributed by atoms with Crippen LogP contribution < -0.4 is 5.73 Å². The molecule has 2 N–H and O–H groups in total. The Hall–Kier alpha value is -0.800. The second-order valence-corrected chi connectivity index (χ2v) is 4.65. The van der Waals surface area contributed by atoms with Crippen molar-refractivity contribution < 1.29 is 4.42 Å². The Kier molecular flexibility index (Phi) is 5.03. The largest absolute Gasteiger partial charge is 0.468 e. The maximum atomic E-state index is 6.10. The molecule has 0 aliphatic carbocycles. The summed E-state index contributed by atoms with van der Waals surface area (Å²) in [5.74, 6) is 0.970. The topological polar surface area (TPSA) is 42.4 Å². The van der Waals surface area contributed by atoms with Gasteiger partial charge in [-0.3, -0.25) is 4.90 Å². The minimum absolute atomic E-state index is 0.0695. The van der Waals surface area contributed by atoms with Crippen LogP contribution in [-0.2, 0) is 0 Å². The molecule has 0 saturated carbocycles. The molecule has 1 rings (SSSR count). The summed E-state index contributed by atoms with van der Waals surface area (Å²) in [7, 11) is 0. The summed E-state index contributed by atoms with van der Waals surface area (Å²) in [5, 5.41) is 0. The zero-order valence-electron chi connectivity index (χ0n) is 10.8. The van der Waals surface area contributed by atoms with Crippen molar-refractivity contribution in [1.82, 2.24) is 4.90 Å². The Labute approximate surface area is 98.6 Å². The van der Waals surface area contributed by atoms with Crippen molar-refractivity contribution in [3.8, 4) is 0 Å². The molecule has 3 heteroatoms. The monoisotopic (exact) mass is 224 g/mol. The number of rotatable bonds is 6. The standard InChI is InChI=1S/C13H24N2O/c1-5-8-15(10(2)3)13(11(4)14)12-7-6-9-16-12/h6-7,9-11,13H,5,8,14H2,1-4H3. The van der Waals surface area contributed by atoms with Crippen molar-refractivity contribution in [2.24, 2.45) is 5.73 Å². The molecule has 3 nitrogen and oxygen atoms in total. The Morgan fingerprint density at radius 3 is 2.44 bits per heavy atom. The zero-order chi connectivity index (χ0) is 12.1. The van der Waals surface area contributed by atoms with Crippen molar-refractivity contribution in [3.63, 3.8) is 0 Å². The molecule has 0 aromatic carbocycles. The molecule has 0 fully saturated rings. The van der Waals surface area contributed by atoms with Crippen molar-refractivity contribution in [1.29, 1.82) is 0 Å². The Morgan fingerprint density at radius 1 is 1.38 bits per heavy atom. The van der Waals surface area contributed by atoms with E-state index < -0.39 is 0 Å². The Morgan fingerprint density at radius 2 is 2.06 bits per heavy atom. The van der Waals surface area contributed by atoms with Crippen LogP contribution in [0.4, 0.5) is 0 Å². The van der Waals surface area contributed by atoms with E-state index in [4.69, 9.17) is 10.2 Å². The number of furan rings is 1. The van der Waals surface area contributed by atoms with Crippen LogP contribution in [0.5, 0.6) is 0 Å². The zero-order valence-corrected chi connectivity index (χ0v) is 10.8. The third kappa shape index (κ3) is 3.09. The molecule has 0 amide bonds. The first-order chi connectivity index (χ1) is 7.57. The lowest BCUT2D eigenvalue weighted by atomic mass is 10.0. The van der Waals surface area contributed by atoms with Crippen molar-refractivity contribution in [2.75, 3.05) is 6.54 Å². The molecule has 2 atom stereocenters. The maximum Gasteiger partial charge on any atom is 0.122 e. The molecule has 16 heavy (non-hydrogen) atoms. The van der Waals surface area contributed by atoms with E-state index in [1.165, 1.54) is 0 Å². The van der Waals surface area contributed by atoms with Gasteiger partial charge in [0.2, 0.25) is 0 Å². The highest BCUT2D eigenvalue weighted by molar-refractivity contribution is 5.07. The normalized spacial score (nSPS) is 15.7. The number of hydrogen-bond donors (Lipinski definition) is 1. The van der Waals surface area contributed by atoms with E-state index in [2.05, 4.69) is 25.7 Å². The van der Waals surface area contributed by atoms with Crippen LogP contribution in [0.25, 0.3) is 0 Å². The third-order valence-electron chi connectivity index (χ3n) is 2.84. The van der Waals surface area contributed by atoms with Gasteiger partial charge < -0.3 is 10.2 Å². The highest BCUT2D eigenvalue weighted by Crippen LogP contribution is 2.26. The molecule has 92 valence electrons. The van der Waals surface area contributed by atoms with E-state index in [-0.39, 0.29) is 12.1 Å². The molecule has 1 heterocycles. The molecule has 1 aromatic heterocycles. The van der Waals surface area contributed by atoms with E-state index in [9.17, 15) is 0 Å². The van der Waals surface area contributed by atoms with Gasteiger partial charge in [-0.2, -0.15) is 0 Å². The van der Waals surface area contributed by atoms with Crippen LogP contribution in [0, 0.1) is 0 Å². The predicted octanol–water partition coefficient (Wildman–Crippen LogP) is 2.79. The van der Waals surface area contributed by atoms with Crippen LogP contribution in [-0.4, -0.2) is 23.5 Å². The SMILES string of the molecule is CCCN(C(C)C)C(c1ccco1)C(C)N. The molecule has 0 spiro atoms. The fraction of sp³-hybridized carbons (Fsp3) is 0.692. The first kappa shape index (κ1) is 13.3. The van der Waals surface area contributed by atoms with Crippen LogP contribution in [0.15, 0.2) is 22.8 Å². The molecule has 0 radical (unpaired) electrons. The van der Waals surface area contributed by atoms with Crippen LogP contribution in [0.2, 0.25) is 0 Å². The van der Waals surface area contributed by atoms with E-state index in [0.717, 1.165) is 18.7 Å². The van der Waals surface area contributed by atoms with Gasteiger partial charge in [-0.15, -0.1) is 0 Å². The first-order valence-corrected chi connectivity index (χ1v) is 6.12. The number of hydrogen-bond acceptors (Lipinski definition) is 3. The van der Waals surface area contributed by atoms with E-state index in [1.807, 2.05) is 19.1 Å². The molecule has 0 aliphatic rings. The molecule has 0 bridgehead atoms. The molecule has 1 aromatic rings. The van der Waals surface area contributed by atoms with Crippen molar-refractivity contribution in [2.45, 2.75) is 52.2 Å². The summed E-state index contributed by atoms with van der Waals surface area (Å²) < 4.78 is 5.51. The summed E-state index contributed by atoms with van der Waals surface area (Å²) >= 11 is 0. The minimum Gasteiger partial charge on any atom is -0.468 e. The average Bonchev–Trinajstić information content (AvgIpc) is 2.69. The van der Waals surface area contributed by atoms with Crippen LogP contribution in [0.3, 0.4) is 0 Å². The van der Waals surface area contributed by atoms with Gasteiger partial charge in [0, 0.05) is 12.1 Å². The second kappa shape index (κ2) is 6.06. The molecule has 0 saturated heterocycles. The van der Waals surface area contributed by atoms with Gasteiger partial charge in [0.15, 0.2) is 0 Å². The van der Waals surface area contributed by atoms with Crippen molar-refractivity contribution >= 4 is 0 Å². The third-order valence-corrected chi connectivity index (χ3v) is 2.84. The number of nitrogens with two attached hydrogens (primary N) is 1. The van der Waals surface area contributed by atoms with Gasteiger partial charge in [-0.1, -0.05) is 6.92 Å². The van der Waals surface area contributed by atoms with Gasteiger partial charge >= 0.3 is 0 Å². The molecular weight excluding hydrogens is 200 g/mol. The second-order valence-electron chi connectivity index (χ2n) is 4.65. The fourth-order valence-corrected chi connectivity index (χ4v) is 2.16. The van der Waals surface area contributed by atoms with Crippen LogP contribution in [0.1, 0.15) is 45.9 Å². The molecule has 2 unspecified atom stereocenters. The Balaban J connectivity index is 2.90. The molecular formula is C13H24N2O. The average molecular weight is 224 g/mol. The lowest BCUT2D eigenvalue weighted by molar-refractivity contribution is 0.118. The highest BCUT2D eigenvalue weighted by Gasteiger charge is 2.27. The summed E-state index contributed by atoms with van der Waals surface area (Å²) in [5.41, 5.74) is 6.10. The minimum atomic E-state index is 0.0695. The Bertz CT molecular complexity index is 280.